The molecule has 0 aromatic carbocycles. The van der Waals surface area contributed by atoms with Gasteiger partial charge in [-0.3, -0.25) is 0 Å². The van der Waals surface area contributed by atoms with Crippen molar-refractivity contribution in [2.75, 3.05) is 0 Å². The number of rotatable bonds is 3. The molecule has 0 aromatic rings. The molecule has 0 saturated heterocycles. The van der Waals surface area contributed by atoms with E-state index in [1.165, 1.54) is 19.3 Å². The predicted molar refractivity (Wildman–Crippen MR) is 73.0 cm³/mol. The van der Waals surface area contributed by atoms with Gasteiger partial charge in [0.05, 0.1) is 0 Å². The van der Waals surface area contributed by atoms with E-state index in [0.717, 1.165) is 19.3 Å². The van der Waals surface area contributed by atoms with Gasteiger partial charge in [0.1, 0.15) is 10.5 Å². The molecule has 15 heavy (non-hydrogen) atoms. The van der Waals surface area contributed by atoms with E-state index in [4.69, 9.17) is 4.80 Å². The summed E-state index contributed by atoms with van der Waals surface area (Å²) in [4.78, 5) is 7.14. The van der Waals surface area contributed by atoms with Crippen LogP contribution < -0.4 is 0 Å². The van der Waals surface area contributed by atoms with Gasteiger partial charge in [-0.05, 0) is 0 Å². The van der Waals surface area contributed by atoms with Crippen molar-refractivity contribution in [2.45, 2.75) is 59.3 Å². The van der Waals surface area contributed by atoms with Crippen molar-refractivity contribution >= 4 is 10.5 Å². The van der Waals surface area contributed by atoms with E-state index in [0.29, 0.717) is 10.5 Å². The second kappa shape index (κ2) is 59.7. The zero-order valence-electron chi connectivity index (χ0n) is 11.3. The molecule has 1 N–H and O–H groups in total. The second-order valence-corrected chi connectivity index (χ2v) is 2.56. The Hall–Kier alpha value is 1.06. The van der Waals surface area contributed by atoms with E-state index in [2.05, 4.69) is 41.5 Å². The van der Waals surface area contributed by atoms with E-state index in [1.807, 2.05) is 0 Å². The predicted octanol–water partition coefficient (Wildman–Crippen LogP) is 3.12. The Morgan fingerprint density at radius 3 is 0.800 bits per heavy atom. The van der Waals surface area contributed by atoms with Crippen LogP contribution in [0.4, 0.5) is 0 Å². The number of hydrogen-bond acceptors (Lipinski definition) is 1. The molecule has 0 unspecified atom stereocenters. The molecule has 3 heteroatoms. The average molecular weight is 311 g/mol. The van der Waals surface area contributed by atoms with Crippen LogP contribution in [-0.4, -0.2) is 15.3 Å². The molecular formula is C12H31OSiZr. The Bertz CT molecular complexity index is 31.1. The van der Waals surface area contributed by atoms with E-state index in [-0.39, 0.29) is 26.2 Å². The SMILES string of the molecule is O[SiH3].[CH2-]CCC.[CH2-]CCC.[CH2-]CCC.[Zr+3]. The fourth-order valence-electron chi connectivity index (χ4n) is 0. The van der Waals surface area contributed by atoms with Gasteiger partial charge in [0.25, 0.3) is 0 Å². The number of unbranched alkanes of at least 4 members (excludes halogenated alkanes) is 3. The first kappa shape index (κ1) is 29.8. The summed E-state index contributed by atoms with van der Waals surface area (Å²) in [5, 5.41) is 0. The zero-order chi connectivity index (χ0) is 12.2. The normalized spacial score (nSPS) is 6.60. The van der Waals surface area contributed by atoms with Crippen LogP contribution in [0.5, 0.6) is 0 Å². The summed E-state index contributed by atoms with van der Waals surface area (Å²) in [6, 6.07) is 0. The van der Waals surface area contributed by atoms with Gasteiger partial charge in [0.2, 0.25) is 0 Å². The fraction of sp³-hybridized carbons (Fsp3) is 0.750. The van der Waals surface area contributed by atoms with Gasteiger partial charge in [0, 0.05) is 0 Å². The molecule has 0 spiro atoms. The molecule has 93 valence electrons. The summed E-state index contributed by atoms with van der Waals surface area (Å²) >= 11 is 0. The van der Waals surface area contributed by atoms with Gasteiger partial charge < -0.3 is 25.6 Å². The Labute approximate surface area is 121 Å². The third-order valence-corrected chi connectivity index (χ3v) is 1.06. The minimum Gasteiger partial charge on any atom is -0.442 e. The van der Waals surface area contributed by atoms with Gasteiger partial charge in [0.15, 0.2) is 0 Å². The molecule has 0 atom stereocenters. The van der Waals surface area contributed by atoms with Gasteiger partial charge in [-0.15, -0.1) is 0 Å². The molecule has 0 aromatic heterocycles. The summed E-state index contributed by atoms with van der Waals surface area (Å²) in [7, 11) is 0.306. The Kier molecular flexibility index (Phi) is 119. The zero-order valence-corrected chi connectivity index (χ0v) is 15.8. The molecule has 1 radical (unpaired) electrons. The third kappa shape index (κ3) is 156. The van der Waals surface area contributed by atoms with Crippen molar-refractivity contribution in [1.29, 1.82) is 0 Å². The Morgan fingerprint density at radius 1 is 0.733 bits per heavy atom. The first-order valence-corrected chi connectivity index (χ1v) is 6.46. The van der Waals surface area contributed by atoms with Gasteiger partial charge >= 0.3 is 26.2 Å². The Morgan fingerprint density at radius 2 is 0.800 bits per heavy atom. The van der Waals surface area contributed by atoms with E-state index < -0.39 is 0 Å². The third-order valence-electron chi connectivity index (χ3n) is 1.06. The van der Waals surface area contributed by atoms with Crippen LogP contribution in [-0.2, 0) is 26.2 Å². The second-order valence-electron chi connectivity index (χ2n) is 2.56. The molecule has 0 amide bonds. The minimum absolute atomic E-state index is 0. The minimum atomic E-state index is 0. The molecule has 1 nitrogen and oxygen atoms in total. The van der Waals surface area contributed by atoms with Crippen LogP contribution in [0.1, 0.15) is 59.3 Å². The molecular weight excluding hydrogens is 279 g/mol. The topological polar surface area (TPSA) is 20.2 Å². The van der Waals surface area contributed by atoms with E-state index in [1.54, 1.807) is 0 Å². The van der Waals surface area contributed by atoms with E-state index in [9.17, 15) is 0 Å². The molecule has 0 fully saturated rings. The van der Waals surface area contributed by atoms with Crippen molar-refractivity contribution in [2.24, 2.45) is 0 Å². The molecule has 0 bridgehead atoms. The summed E-state index contributed by atoms with van der Waals surface area (Å²) < 4.78 is 0. The smallest absolute Gasteiger partial charge is 0.442 e. The van der Waals surface area contributed by atoms with Crippen molar-refractivity contribution in [3.63, 3.8) is 0 Å². The Balaban J connectivity index is -0.0000000298. The molecule has 0 rings (SSSR count). The quantitative estimate of drug-likeness (QED) is 0.627. The molecule has 0 heterocycles. The monoisotopic (exact) mass is 309 g/mol. The largest absolute Gasteiger partial charge is 3.00 e. The first-order chi connectivity index (χ1) is 6.74. The molecule has 0 saturated carbocycles. The first-order valence-electron chi connectivity index (χ1n) is 5.57. The molecule has 0 aliphatic rings. The fourth-order valence-corrected chi connectivity index (χ4v) is 0. The van der Waals surface area contributed by atoms with Crippen molar-refractivity contribution in [3.05, 3.63) is 20.8 Å². The maximum absolute atomic E-state index is 7.14. The van der Waals surface area contributed by atoms with Crippen molar-refractivity contribution in [3.8, 4) is 0 Å². The van der Waals surface area contributed by atoms with Crippen molar-refractivity contribution in [1.82, 2.24) is 0 Å². The molecule has 0 aliphatic heterocycles. The molecule has 0 aliphatic carbocycles. The van der Waals surface area contributed by atoms with Crippen LogP contribution in [0.2, 0.25) is 0 Å². The average Bonchev–Trinajstić information content (AvgIpc) is 2.31. The summed E-state index contributed by atoms with van der Waals surface area (Å²) in [6.45, 7) is 17.2. The van der Waals surface area contributed by atoms with Gasteiger partial charge in [-0.1, -0.05) is 40.0 Å². The summed E-state index contributed by atoms with van der Waals surface area (Å²) in [5.74, 6) is 0. The van der Waals surface area contributed by atoms with Gasteiger partial charge in [-0.25, -0.2) is 0 Å². The maximum atomic E-state index is 7.14. The summed E-state index contributed by atoms with van der Waals surface area (Å²) in [5.41, 5.74) is 0. The van der Waals surface area contributed by atoms with Crippen LogP contribution >= 0.6 is 0 Å². The van der Waals surface area contributed by atoms with E-state index >= 15 is 0 Å². The van der Waals surface area contributed by atoms with Crippen LogP contribution in [0.3, 0.4) is 0 Å². The van der Waals surface area contributed by atoms with Gasteiger partial charge in [-0.2, -0.15) is 19.3 Å². The number of hydrogen-bond donors (Lipinski definition) is 1. The maximum Gasteiger partial charge on any atom is 3.00 e. The van der Waals surface area contributed by atoms with Crippen LogP contribution in [0.15, 0.2) is 0 Å². The van der Waals surface area contributed by atoms with Crippen LogP contribution in [0, 0.1) is 20.8 Å². The van der Waals surface area contributed by atoms with Crippen LogP contribution in [0.25, 0.3) is 0 Å². The summed E-state index contributed by atoms with van der Waals surface area (Å²) in [6.07, 6.45) is 6.83. The standard InChI is InChI=1S/3C4H9.H4OSi.Zr/c3*1-3-4-2;1-2;/h3*1,3-4H2,2H3;1H,2H3;/q3*-1;;+3. The van der Waals surface area contributed by atoms with Crippen molar-refractivity contribution < 1.29 is 31.0 Å².